The fraction of sp³-hybridized carbons (Fsp3) is 0.537. The van der Waals surface area contributed by atoms with Gasteiger partial charge in [0.25, 0.3) is 0 Å². The number of nitrogens with zero attached hydrogens (tertiary/aromatic N) is 2. The second kappa shape index (κ2) is 25.4. The summed E-state index contributed by atoms with van der Waals surface area (Å²) in [7, 11) is 0. The first kappa shape index (κ1) is 49.8. The normalized spacial score (nSPS) is 23.7. The number of aliphatic hydroxyl groups is 3. The highest BCUT2D eigenvalue weighted by Gasteiger charge is 2.65. The summed E-state index contributed by atoms with van der Waals surface area (Å²) >= 11 is 0. The third-order valence-corrected chi connectivity index (χ3v) is 14.0. The number of rotatable bonds is 26. The molecule has 4 aliphatic rings. The molecule has 2 saturated carbocycles. The van der Waals surface area contributed by atoms with E-state index in [1.54, 1.807) is 12.1 Å². The Bertz CT molecular complexity index is 2090. The van der Waals surface area contributed by atoms with Crippen LogP contribution in [0.1, 0.15) is 106 Å². The Hall–Kier alpha value is -5.05. The van der Waals surface area contributed by atoms with Crippen molar-refractivity contribution >= 4 is 17.7 Å². The molecule has 2 amide bonds. The SMILES string of the molecule is C=CCOC12Oc3ccc(OC(=O)NCc4ccccc4)cc3C3C(CCCCO)C(CCCCO)C=C(C(=NOCc4ccccc4)CC1N(CCOCCO)C(=O)CCC1CCCC1)C32. The van der Waals surface area contributed by atoms with Gasteiger partial charge in [0.1, 0.15) is 24.1 Å². The van der Waals surface area contributed by atoms with E-state index in [2.05, 4.69) is 18.0 Å². The van der Waals surface area contributed by atoms with Crippen LogP contribution in [-0.2, 0) is 32.3 Å². The number of oxime groups is 1. The predicted molar refractivity (Wildman–Crippen MR) is 256 cm³/mol. The van der Waals surface area contributed by atoms with Gasteiger partial charge in [-0.1, -0.05) is 116 Å². The van der Waals surface area contributed by atoms with Crippen LogP contribution in [0.3, 0.4) is 0 Å². The van der Waals surface area contributed by atoms with Crippen LogP contribution in [0.15, 0.2) is 108 Å². The van der Waals surface area contributed by atoms with Crippen molar-refractivity contribution in [2.24, 2.45) is 28.8 Å². The minimum atomic E-state index is -1.45. The third kappa shape index (κ3) is 12.7. The second-order valence-electron chi connectivity index (χ2n) is 18.4. The van der Waals surface area contributed by atoms with Gasteiger partial charge in [-0.05, 0) is 84.8 Å². The molecular weight excluding hydrogens is 851 g/mol. The van der Waals surface area contributed by atoms with Crippen LogP contribution in [0, 0.1) is 23.7 Å². The van der Waals surface area contributed by atoms with Crippen molar-refractivity contribution in [2.45, 2.75) is 114 Å². The quantitative estimate of drug-likeness (QED) is 0.0348. The molecule has 67 heavy (non-hydrogen) atoms. The molecule has 3 aliphatic carbocycles. The highest BCUT2D eigenvalue weighted by atomic mass is 16.7. The Kier molecular flexibility index (Phi) is 18.9. The average molecular weight is 922 g/mol. The number of fused-ring (bicyclic) bond motifs is 2. The van der Waals surface area contributed by atoms with E-state index in [-0.39, 0.29) is 82.9 Å². The first-order chi connectivity index (χ1) is 32.9. The van der Waals surface area contributed by atoms with E-state index in [0.717, 1.165) is 67.2 Å². The van der Waals surface area contributed by atoms with Crippen LogP contribution in [0.2, 0.25) is 0 Å². The molecule has 0 radical (unpaired) electrons. The van der Waals surface area contributed by atoms with Crippen molar-refractivity contribution in [3.05, 3.63) is 120 Å². The van der Waals surface area contributed by atoms with E-state index >= 15 is 0 Å². The number of carbonyl (C=O) groups excluding carboxylic acids is 2. The minimum absolute atomic E-state index is 0.0138. The number of aliphatic hydroxyl groups excluding tert-OH is 3. The van der Waals surface area contributed by atoms with Gasteiger partial charge < -0.3 is 49.3 Å². The maximum absolute atomic E-state index is 15.0. The molecule has 1 heterocycles. The lowest BCUT2D eigenvalue weighted by atomic mass is 9.55. The monoisotopic (exact) mass is 922 g/mol. The van der Waals surface area contributed by atoms with E-state index < -0.39 is 23.8 Å². The van der Waals surface area contributed by atoms with Crippen LogP contribution in [0.5, 0.6) is 11.5 Å². The first-order valence-corrected chi connectivity index (χ1v) is 24.6. The van der Waals surface area contributed by atoms with Gasteiger partial charge in [-0.3, -0.25) is 4.79 Å². The van der Waals surface area contributed by atoms with Crippen molar-refractivity contribution in [3.8, 4) is 11.5 Å². The summed E-state index contributed by atoms with van der Waals surface area (Å²) in [4.78, 5) is 36.5. The fourth-order valence-electron chi connectivity index (χ4n) is 10.9. The highest BCUT2D eigenvalue weighted by Crippen LogP contribution is 2.62. The largest absolute Gasteiger partial charge is 0.459 e. The van der Waals surface area contributed by atoms with Crippen molar-refractivity contribution in [1.82, 2.24) is 10.2 Å². The van der Waals surface area contributed by atoms with Gasteiger partial charge in [-0.2, -0.15) is 0 Å². The predicted octanol–water partition coefficient (Wildman–Crippen LogP) is 8.62. The summed E-state index contributed by atoms with van der Waals surface area (Å²) in [5.41, 5.74) is 4.36. The Morgan fingerprint density at radius 2 is 1.61 bits per heavy atom. The number of nitrogens with one attached hydrogen (secondary N) is 1. The summed E-state index contributed by atoms with van der Waals surface area (Å²) in [6.07, 6.45) is 13.8. The second-order valence-corrected chi connectivity index (χ2v) is 18.4. The molecular formula is C54H71N3O10. The van der Waals surface area contributed by atoms with E-state index in [0.29, 0.717) is 48.9 Å². The van der Waals surface area contributed by atoms with Gasteiger partial charge in [0, 0.05) is 50.6 Å². The number of unbranched alkanes of at least 4 members (excludes halogenated alkanes) is 2. The Morgan fingerprint density at radius 3 is 2.33 bits per heavy atom. The van der Waals surface area contributed by atoms with Crippen LogP contribution < -0.4 is 14.8 Å². The lowest BCUT2D eigenvalue weighted by molar-refractivity contribution is -0.258. The molecule has 13 nitrogen and oxygen atoms in total. The van der Waals surface area contributed by atoms with Gasteiger partial charge in [-0.25, -0.2) is 4.79 Å². The molecule has 4 N–H and O–H groups in total. The van der Waals surface area contributed by atoms with Crippen LogP contribution >= 0.6 is 0 Å². The fourth-order valence-corrected chi connectivity index (χ4v) is 10.9. The van der Waals surface area contributed by atoms with Crippen molar-refractivity contribution in [1.29, 1.82) is 0 Å². The summed E-state index contributed by atoms with van der Waals surface area (Å²) in [6.45, 7) is 5.29. The lowest BCUT2D eigenvalue weighted by Gasteiger charge is -2.60. The van der Waals surface area contributed by atoms with Crippen molar-refractivity contribution < 1.29 is 48.7 Å². The van der Waals surface area contributed by atoms with Gasteiger partial charge in [-0.15, -0.1) is 6.58 Å². The molecule has 6 atom stereocenters. The number of amides is 2. The number of benzene rings is 3. The molecule has 0 aromatic heterocycles. The standard InChI is InChI=1S/C54H71N3O10/c1-2-31-64-54-49(57(27-32-63-33-30-60)50(61)26-23-39-15-9-10-16-39)36-47(56-65-38-41-19-7-4-8-20-41)45-34-42(21-11-13-28-58)44(22-12-14-29-59)51(52(45)54)46-35-43(24-25-48(46)67-54)66-53(62)55-37-40-17-5-3-6-18-40/h2-8,17-20,24-25,34-35,39,42,44,49,51-52,58-60H,1,9-16,21-23,26-33,36-38H2,(H,55,62). The Labute approximate surface area is 396 Å². The maximum atomic E-state index is 15.0. The van der Waals surface area contributed by atoms with Gasteiger partial charge in [0.15, 0.2) is 0 Å². The molecule has 7 rings (SSSR count). The van der Waals surface area contributed by atoms with Crippen LogP contribution in [-0.4, -0.2) is 95.9 Å². The van der Waals surface area contributed by atoms with Crippen molar-refractivity contribution in [2.75, 3.05) is 46.2 Å². The topological polar surface area (TPSA) is 169 Å². The number of hydrogen-bond donors (Lipinski definition) is 4. The average Bonchev–Trinajstić information content (AvgIpc) is 3.88. The zero-order chi connectivity index (χ0) is 46.9. The first-order valence-electron chi connectivity index (χ1n) is 24.6. The maximum Gasteiger partial charge on any atom is 0.412 e. The van der Waals surface area contributed by atoms with Crippen LogP contribution in [0.25, 0.3) is 0 Å². The zero-order valence-electron chi connectivity index (χ0n) is 39.0. The van der Waals surface area contributed by atoms with Crippen LogP contribution in [0.4, 0.5) is 4.79 Å². The van der Waals surface area contributed by atoms with E-state index in [9.17, 15) is 24.9 Å². The molecule has 13 heteroatoms. The lowest BCUT2D eigenvalue weighted by Crippen LogP contribution is -2.70. The van der Waals surface area contributed by atoms with Crippen molar-refractivity contribution in [3.63, 3.8) is 0 Å². The smallest absolute Gasteiger partial charge is 0.412 e. The van der Waals surface area contributed by atoms with Gasteiger partial charge in [0.05, 0.1) is 38.1 Å². The Morgan fingerprint density at radius 1 is 0.881 bits per heavy atom. The molecule has 3 aromatic rings. The molecule has 362 valence electrons. The number of hydrogen-bond acceptors (Lipinski definition) is 11. The zero-order valence-corrected chi connectivity index (χ0v) is 39.0. The summed E-state index contributed by atoms with van der Waals surface area (Å²) in [5.74, 6) is -0.894. The summed E-state index contributed by atoms with van der Waals surface area (Å²) in [6, 6.07) is 24.3. The molecule has 0 spiro atoms. The molecule has 1 aliphatic heterocycles. The van der Waals surface area contributed by atoms with E-state index in [1.165, 1.54) is 12.8 Å². The Balaban J connectivity index is 1.37. The molecule has 0 saturated heterocycles. The van der Waals surface area contributed by atoms with E-state index in [1.807, 2.05) is 77.7 Å². The number of allylic oxidation sites excluding steroid dienone is 1. The highest BCUT2D eigenvalue weighted by molar-refractivity contribution is 6.03. The molecule has 2 fully saturated rings. The van der Waals surface area contributed by atoms with Gasteiger partial charge >= 0.3 is 6.09 Å². The molecule has 6 unspecified atom stereocenters. The minimum Gasteiger partial charge on any atom is -0.459 e. The van der Waals surface area contributed by atoms with E-state index in [4.69, 9.17) is 28.9 Å². The molecule has 3 aromatic carbocycles. The third-order valence-electron chi connectivity index (χ3n) is 14.0. The summed E-state index contributed by atoms with van der Waals surface area (Å²) in [5, 5.41) is 37.5. The number of carbonyl (C=O) groups is 2. The number of ether oxygens (including phenoxy) is 4. The summed E-state index contributed by atoms with van der Waals surface area (Å²) < 4.78 is 26.4. The molecule has 0 bridgehead atoms. The van der Waals surface area contributed by atoms with Gasteiger partial charge in [0.2, 0.25) is 11.7 Å².